The summed E-state index contributed by atoms with van der Waals surface area (Å²) in [4.78, 5) is 13.3. The van der Waals surface area contributed by atoms with Crippen molar-refractivity contribution in [2.24, 2.45) is 0 Å². The summed E-state index contributed by atoms with van der Waals surface area (Å²) in [7, 11) is 1.89. The maximum Gasteiger partial charge on any atom is 0.234 e. The van der Waals surface area contributed by atoms with Gasteiger partial charge in [0.05, 0.1) is 5.75 Å². The van der Waals surface area contributed by atoms with Gasteiger partial charge in [0.15, 0.2) is 4.99 Å². The monoisotopic (exact) mass is 234 g/mol. The third kappa shape index (κ3) is 1.33. The zero-order valence-electron chi connectivity index (χ0n) is 9.19. The van der Waals surface area contributed by atoms with E-state index in [1.54, 1.807) is 11.8 Å². The molecule has 1 N–H and O–H groups in total. The van der Waals surface area contributed by atoms with Gasteiger partial charge in [0, 0.05) is 19.2 Å². The predicted octanol–water partition coefficient (Wildman–Crippen LogP) is 1.90. The van der Waals surface area contributed by atoms with Crippen LogP contribution in [0.2, 0.25) is 0 Å². The molecule has 1 aromatic carbocycles. The lowest BCUT2D eigenvalue weighted by Crippen LogP contribution is -2.49. The number of thioether (sulfide) groups is 1. The molecule has 1 spiro atoms. The highest BCUT2D eigenvalue weighted by atomic mass is 32.2. The van der Waals surface area contributed by atoms with Gasteiger partial charge in [-0.1, -0.05) is 18.2 Å². The van der Waals surface area contributed by atoms with E-state index < -0.39 is 0 Å². The van der Waals surface area contributed by atoms with Crippen LogP contribution in [0.15, 0.2) is 24.3 Å². The zero-order chi connectivity index (χ0) is 11.2. The van der Waals surface area contributed by atoms with Crippen molar-refractivity contribution in [2.75, 3.05) is 18.1 Å². The van der Waals surface area contributed by atoms with E-state index in [2.05, 4.69) is 23.5 Å². The van der Waals surface area contributed by atoms with Crippen molar-refractivity contribution in [1.29, 1.82) is 0 Å². The van der Waals surface area contributed by atoms with E-state index >= 15 is 0 Å². The Bertz CT molecular complexity index is 448. The van der Waals surface area contributed by atoms with Gasteiger partial charge < -0.3 is 10.2 Å². The van der Waals surface area contributed by atoms with Crippen molar-refractivity contribution in [3.05, 3.63) is 29.8 Å². The second kappa shape index (κ2) is 3.42. The lowest BCUT2D eigenvalue weighted by atomic mass is 10.0. The molecule has 2 aliphatic heterocycles. The summed E-state index contributed by atoms with van der Waals surface area (Å²) in [6.45, 7) is 0. The topological polar surface area (TPSA) is 32.3 Å². The number of hydrogen-bond donors (Lipinski definition) is 1. The maximum absolute atomic E-state index is 11.6. The Hall–Kier alpha value is -1.16. The van der Waals surface area contributed by atoms with Gasteiger partial charge in [-0.15, -0.1) is 11.8 Å². The molecule has 2 heterocycles. The highest BCUT2D eigenvalue weighted by molar-refractivity contribution is 8.01. The molecule has 1 fully saturated rings. The Morgan fingerprint density at radius 1 is 1.44 bits per heavy atom. The molecule has 3 nitrogen and oxygen atoms in total. The van der Waals surface area contributed by atoms with Crippen molar-refractivity contribution >= 4 is 23.4 Å². The molecule has 84 valence electrons. The normalized spacial score (nSPS) is 28.1. The number of carbonyl (C=O) groups excluding carboxylic acids is 1. The quantitative estimate of drug-likeness (QED) is 0.744. The second-order valence-corrected chi connectivity index (χ2v) is 5.56. The van der Waals surface area contributed by atoms with Crippen LogP contribution in [0.4, 0.5) is 5.69 Å². The Labute approximate surface area is 99.2 Å². The minimum absolute atomic E-state index is 0.203. The Balaban J connectivity index is 1.96. The number of aryl methyl sites for hydroxylation is 1. The van der Waals surface area contributed by atoms with Crippen LogP contribution in [0, 0.1) is 0 Å². The number of benzene rings is 1. The number of carbonyl (C=O) groups is 1. The summed E-state index contributed by atoms with van der Waals surface area (Å²) >= 11 is 1.71. The van der Waals surface area contributed by atoms with Gasteiger partial charge in [0.25, 0.3) is 0 Å². The van der Waals surface area contributed by atoms with Crippen LogP contribution < -0.4 is 5.32 Å². The molecule has 3 rings (SSSR count). The molecule has 0 saturated carbocycles. The van der Waals surface area contributed by atoms with Crippen LogP contribution in [-0.4, -0.2) is 28.6 Å². The summed E-state index contributed by atoms with van der Waals surface area (Å²) in [5, 5.41) is 3.52. The first-order valence-corrected chi connectivity index (χ1v) is 6.46. The van der Waals surface area contributed by atoms with E-state index in [0.29, 0.717) is 5.75 Å². The molecule has 1 saturated heterocycles. The average Bonchev–Trinajstić information content (AvgIpc) is 2.58. The van der Waals surface area contributed by atoms with Crippen molar-refractivity contribution in [2.45, 2.75) is 17.8 Å². The number of anilines is 1. The molecular formula is C12H14N2OS. The molecule has 0 radical (unpaired) electrons. The van der Waals surface area contributed by atoms with Crippen molar-refractivity contribution in [3.63, 3.8) is 0 Å². The SMILES string of the molecule is CN1C(=O)CS[C@@]12CCc1ccccc1N2. The number of rotatable bonds is 0. The minimum Gasteiger partial charge on any atom is -0.354 e. The number of amides is 1. The van der Waals surface area contributed by atoms with Crippen molar-refractivity contribution < 1.29 is 4.79 Å². The largest absolute Gasteiger partial charge is 0.354 e. The summed E-state index contributed by atoms with van der Waals surface area (Å²) in [6, 6.07) is 8.34. The van der Waals surface area contributed by atoms with Gasteiger partial charge in [-0.25, -0.2) is 0 Å². The van der Waals surface area contributed by atoms with E-state index in [1.165, 1.54) is 11.3 Å². The molecular weight excluding hydrogens is 220 g/mol. The molecule has 0 bridgehead atoms. The fourth-order valence-corrected chi connectivity index (χ4v) is 3.65. The van der Waals surface area contributed by atoms with Gasteiger partial charge in [-0.2, -0.15) is 0 Å². The van der Waals surface area contributed by atoms with Gasteiger partial charge in [0.1, 0.15) is 0 Å². The number of nitrogens with one attached hydrogen (secondary N) is 1. The molecule has 0 aromatic heterocycles. The molecule has 0 unspecified atom stereocenters. The van der Waals surface area contributed by atoms with Gasteiger partial charge >= 0.3 is 0 Å². The minimum atomic E-state index is -0.203. The predicted molar refractivity (Wildman–Crippen MR) is 66.3 cm³/mol. The molecule has 16 heavy (non-hydrogen) atoms. The van der Waals surface area contributed by atoms with Crippen LogP contribution in [0.5, 0.6) is 0 Å². The lowest BCUT2D eigenvalue weighted by molar-refractivity contribution is -0.128. The maximum atomic E-state index is 11.6. The van der Waals surface area contributed by atoms with E-state index in [9.17, 15) is 4.79 Å². The molecule has 1 aromatic rings. The summed E-state index contributed by atoms with van der Waals surface area (Å²) < 4.78 is 0. The summed E-state index contributed by atoms with van der Waals surface area (Å²) in [6.07, 6.45) is 2.02. The standard InChI is InChI=1S/C12H14N2OS/c1-14-11(15)8-16-12(14)7-6-9-4-2-3-5-10(9)13-12/h2-5,13H,6-8H2,1H3/t12-/m1/s1. The smallest absolute Gasteiger partial charge is 0.234 e. The van der Waals surface area contributed by atoms with Crippen LogP contribution in [0.3, 0.4) is 0 Å². The third-order valence-corrected chi connectivity index (χ3v) is 4.88. The molecule has 4 heteroatoms. The first-order chi connectivity index (χ1) is 7.71. The fourth-order valence-electron chi connectivity index (χ4n) is 2.37. The number of fused-ring (bicyclic) bond motifs is 1. The van der Waals surface area contributed by atoms with Gasteiger partial charge in [-0.3, -0.25) is 4.79 Å². The van der Waals surface area contributed by atoms with Crippen LogP contribution in [-0.2, 0) is 11.2 Å². The van der Waals surface area contributed by atoms with Gasteiger partial charge in [-0.05, 0) is 18.1 Å². The van der Waals surface area contributed by atoms with E-state index in [4.69, 9.17) is 0 Å². The van der Waals surface area contributed by atoms with Crippen molar-refractivity contribution in [1.82, 2.24) is 4.90 Å². The second-order valence-electron chi connectivity index (χ2n) is 4.31. The molecule has 0 aliphatic carbocycles. The Morgan fingerprint density at radius 2 is 2.25 bits per heavy atom. The first kappa shape index (κ1) is 10.0. The number of para-hydroxylation sites is 1. The van der Waals surface area contributed by atoms with Gasteiger partial charge in [0.2, 0.25) is 5.91 Å². The average molecular weight is 234 g/mol. The van der Waals surface area contributed by atoms with Crippen molar-refractivity contribution in [3.8, 4) is 0 Å². The van der Waals surface area contributed by atoms with E-state index in [0.717, 1.165) is 12.8 Å². The Morgan fingerprint density at radius 3 is 3.00 bits per heavy atom. The summed E-state index contributed by atoms with van der Waals surface area (Å²) in [5.41, 5.74) is 2.52. The third-order valence-electron chi connectivity index (χ3n) is 3.43. The zero-order valence-corrected chi connectivity index (χ0v) is 10.0. The molecule has 1 amide bonds. The fraction of sp³-hybridized carbons (Fsp3) is 0.417. The van der Waals surface area contributed by atoms with E-state index in [-0.39, 0.29) is 10.9 Å². The molecule has 1 atom stereocenters. The van der Waals surface area contributed by atoms with E-state index in [1.807, 2.05) is 18.0 Å². The highest BCUT2D eigenvalue weighted by Crippen LogP contribution is 2.43. The number of hydrogen-bond acceptors (Lipinski definition) is 3. The summed E-state index contributed by atoms with van der Waals surface area (Å²) in [5.74, 6) is 0.808. The number of nitrogens with zero attached hydrogens (tertiary/aromatic N) is 1. The van der Waals surface area contributed by atoms with Crippen LogP contribution >= 0.6 is 11.8 Å². The van der Waals surface area contributed by atoms with Crippen LogP contribution in [0.25, 0.3) is 0 Å². The lowest BCUT2D eigenvalue weighted by Gasteiger charge is -2.40. The van der Waals surface area contributed by atoms with Crippen LogP contribution in [0.1, 0.15) is 12.0 Å². The first-order valence-electron chi connectivity index (χ1n) is 5.48. The Kier molecular flexibility index (Phi) is 2.14. The molecule has 2 aliphatic rings. The highest BCUT2D eigenvalue weighted by Gasteiger charge is 2.45.